The van der Waals surface area contributed by atoms with E-state index in [1.165, 1.54) is 12.1 Å². The maximum Gasteiger partial charge on any atom is 0.312 e. The van der Waals surface area contributed by atoms with Crippen LogP contribution in [-0.4, -0.2) is 23.5 Å². The summed E-state index contributed by atoms with van der Waals surface area (Å²) in [5, 5.41) is 11.1. The monoisotopic (exact) mass is 251 g/mol. The first kappa shape index (κ1) is 12.5. The van der Waals surface area contributed by atoms with Gasteiger partial charge in [-0.05, 0) is 30.5 Å². The number of amides is 1. The van der Waals surface area contributed by atoms with Crippen LogP contribution >= 0.6 is 0 Å². The Kier molecular flexibility index (Phi) is 3.32. The summed E-state index contributed by atoms with van der Waals surface area (Å²) >= 11 is 0. The lowest BCUT2D eigenvalue weighted by atomic mass is 9.96. The molecule has 4 nitrogen and oxygen atoms in total. The van der Waals surface area contributed by atoms with Gasteiger partial charge in [-0.15, -0.1) is 0 Å². The number of hydrogen-bond donors (Lipinski definition) is 2. The van der Waals surface area contributed by atoms with E-state index in [4.69, 9.17) is 5.11 Å². The van der Waals surface area contributed by atoms with Crippen molar-refractivity contribution in [2.24, 2.45) is 0 Å². The molecule has 5 heteroatoms. The van der Waals surface area contributed by atoms with Crippen LogP contribution in [0.15, 0.2) is 24.3 Å². The van der Waals surface area contributed by atoms with Crippen LogP contribution in [0.1, 0.15) is 24.8 Å². The fourth-order valence-corrected chi connectivity index (χ4v) is 1.99. The van der Waals surface area contributed by atoms with Crippen LogP contribution in [0.25, 0.3) is 0 Å². The Morgan fingerprint density at radius 2 is 1.89 bits per heavy atom. The lowest BCUT2D eigenvalue weighted by Gasteiger charge is -2.16. The molecule has 0 heterocycles. The predicted octanol–water partition coefficient (Wildman–Crippen LogP) is 1.45. The van der Waals surface area contributed by atoms with Gasteiger partial charge in [0.1, 0.15) is 12.2 Å². The van der Waals surface area contributed by atoms with Gasteiger partial charge in [0, 0.05) is 12.0 Å². The van der Waals surface area contributed by atoms with Crippen LogP contribution in [0.4, 0.5) is 4.39 Å². The van der Waals surface area contributed by atoms with Crippen LogP contribution in [0, 0.1) is 5.82 Å². The van der Waals surface area contributed by atoms with E-state index in [0.717, 1.165) is 18.4 Å². The average Bonchev–Trinajstić information content (AvgIpc) is 3.08. The van der Waals surface area contributed by atoms with Crippen molar-refractivity contribution in [3.63, 3.8) is 0 Å². The average molecular weight is 251 g/mol. The highest BCUT2D eigenvalue weighted by Gasteiger charge is 2.44. The molecule has 2 rings (SSSR count). The number of rotatable bonds is 5. The van der Waals surface area contributed by atoms with Crippen LogP contribution in [0.2, 0.25) is 0 Å². The Morgan fingerprint density at radius 3 is 2.39 bits per heavy atom. The first-order chi connectivity index (χ1) is 8.52. The van der Waals surface area contributed by atoms with Crippen molar-refractivity contribution in [1.29, 1.82) is 0 Å². The smallest absolute Gasteiger partial charge is 0.312 e. The Labute approximate surface area is 104 Å². The molecule has 0 unspecified atom stereocenters. The normalized spacial score (nSPS) is 16.1. The van der Waals surface area contributed by atoms with Crippen molar-refractivity contribution in [1.82, 2.24) is 5.32 Å². The zero-order valence-electron chi connectivity index (χ0n) is 9.78. The molecule has 0 radical (unpaired) electrons. The lowest BCUT2D eigenvalue weighted by Crippen LogP contribution is -2.33. The quantitative estimate of drug-likeness (QED) is 0.778. The SMILES string of the molecule is O=C(O)CC(=O)NCC1(c2ccc(F)cc2)CC1. The highest BCUT2D eigenvalue weighted by molar-refractivity contribution is 5.93. The van der Waals surface area contributed by atoms with E-state index in [9.17, 15) is 14.0 Å². The number of halogens is 1. The molecule has 0 atom stereocenters. The van der Waals surface area contributed by atoms with Gasteiger partial charge in [0.15, 0.2) is 0 Å². The van der Waals surface area contributed by atoms with Crippen LogP contribution in [0.5, 0.6) is 0 Å². The molecule has 1 aliphatic carbocycles. The van der Waals surface area contributed by atoms with Gasteiger partial charge >= 0.3 is 5.97 Å². The number of carbonyl (C=O) groups is 2. The Hall–Kier alpha value is -1.91. The second-order valence-corrected chi connectivity index (χ2v) is 4.63. The van der Waals surface area contributed by atoms with E-state index >= 15 is 0 Å². The van der Waals surface area contributed by atoms with E-state index < -0.39 is 18.3 Å². The zero-order chi connectivity index (χ0) is 13.2. The van der Waals surface area contributed by atoms with Gasteiger partial charge in [0.2, 0.25) is 5.91 Å². The summed E-state index contributed by atoms with van der Waals surface area (Å²) in [5.41, 5.74) is 0.849. The van der Waals surface area contributed by atoms with Crippen molar-refractivity contribution in [3.8, 4) is 0 Å². The van der Waals surface area contributed by atoms with Gasteiger partial charge in [0.25, 0.3) is 0 Å². The minimum absolute atomic E-state index is 0.137. The molecular weight excluding hydrogens is 237 g/mol. The van der Waals surface area contributed by atoms with Crippen molar-refractivity contribution in [2.45, 2.75) is 24.7 Å². The third kappa shape index (κ3) is 2.85. The molecule has 0 aliphatic heterocycles. The largest absolute Gasteiger partial charge is 0.481 e. The molecule has 1 aromatic carbocycles. The molecule has 0 bridgehead atoms. The van der Waals surface area contributed by atoms with Crippen molar-refractivity contribution in [2.75, 3.05) is 6.54 Å². The van der Waals surface area contributed by atoms with Crippen molar-refractivity contribution < 1.29 is 19.1 Å². The minimum atomic E-state index is -1.14. The standard InChI is InChI=1S/C13H14FNO3/c14-10-3-1-9(2-4-10)13(5-6-13)8-15-11(16)7-12(17)18/h1-4H,5-8H2,(H,15,16)(H,17,18). The van der Waals surface area contributed by atoms with E-state index in [2.05, 4.69) is 5.32 Å². The Bertz CT molecular complexity index is 466. The molecule has 0 aromatic heterocycles. The first-order valence-electron chi connectivity index (χ1n) is 5.76. The number of carboxylic acids is 1. The number of carbonyl (C=O) groups excluding carboxylic acids is 1. The van der Waals surface area contributed by atoms with Crippen LogP contribution < -0.4 is 5.32 Å². The molecule has 96 valence electrons. The summed E-state index contributed by atoms with van der Waals surface area (Å²) in [5.74, 6) is -1.92. The summed E-state index contributed by atoms with van der Waals surface area (Å²) in [6.07, 6.45) is 1.33. The van der Waals surface area contributed by atoms with E-state index in [-0.39, 0.29) is 11.2 Å². The molecule has 2 N–H and O–H groups in total. The van der Waals surface area contributed by atoms with Gasteiger partial charge in [0.05, 0.1) is 0 Å². The molecule has 1 aliphatic rings. The predicted molar refractivity (Wildman–Crippen MR) is 62.6 cm³/mol. The summed E-state index contributed by atoms with van der Waals surface area (Å²) in [6.45, 7) is 0.407. The molecule has 1 saturated carbocycles. The maximum atomic E-state index is 12.8. The van der Waals surface area contributed by atoms with E-state index in [1.54, 1.807) is 12.1 Å². The number of nitrogens with one attached hydrogen (secondary N) is 1. The second kappa shape index (κ2) is 4.76. The molecule has 1 aromatic rings. The molecule has 18 heavy (non-hydrogen) atoms. The number of benzene rings is 1. The Morgan fingerprint density at radius 1 is 1.28 bits per heavy atom. The lowest BCUT2D eigenvalue weighted by molar-refractivity contribution is -0.140. The second-order valence-electron chi connectivity index (χ2n) is 4.63. The van der Waals surface area contributed by atoms with Gasteiger partial charge in [-0.2, -0.15) is 0 Å². The molecule has 0 spiro atoms. The van der Waals surface area contributed by atoms with Crippen LogP contribution in [-0.2, 0) is 15.0 Å². The van der Waals surface area contributed by atoms with Crippen molar-refractivity contribution in [3.05, 3.63) is 35.6 Å². The highest BCUT2D eigenvalue weighted by atomic mass is 19.1. The minimum Gasteiger partial charge on any atom is -0.481 e. The zero-order valence-corrected chi connectivity index (χ0v) is 9.78. The van der Waals surface area contributed by atoms with Crippen LogP contribution in [0.3, 0.4) is 0 Å². The summed E-state index contributed by atoms with van der Waals surface area (Å²) < 4.78 is 12.8. The Balaban J connectivity index is 1.94. The topological polar surface area (TPSA) is 66.4 Å². The number of carboxylic acid groups (broad SMARTS) is 1. The fraction of sp³-hybridized carbons (Fsp3) is 0.385. The van der Waals surface area contributed by atoms with E-state index in [1.807, 2.05) is 0 Å². The van der Waals surface area contributed by atoms with Gasteiger partial charge in [-0.1, -0.05) is 12.1 Å². The van der Waals surface area contributed by atoms with Gasteiger partial charge < -0.3 is 10.4 Å². The number of hydrogen-bond acceptors (Lipinski definition) is 2. The van der Waals surface area contributed by atoms with Gasteiger partial charge in [-0.3, -0.25) is 9.59 Å². The third-order valence-corrected chi connectivity index (χ3v) is 3.25. The highest BCUT2D eigenvalue weighted by Crippen LogP contribution is 2.47. The van der Waals surface area contributed by atoms with E-state index in [0.29, 0.717) is 6.54 Å². The maximum absolute atomic E-state index is 12.8. The molecule has 1 amide bonds. The molecule has 1 fully saturated rings. The third-order valence-electron chi connectivity index (χ3n) is 3.25. The summed E-state index contributed by atoms with van der Waals surface area (Å²) in [7, 11) is 0. The van der Waals surface area contributed by atoms with Gasteiger partial charge in [-0.25, -0.2) is 4.39 Å². The molecular formula is C13H14FNO3. The summed E-state index contributed by atoms with van der Waals surface area (Å²) in [4.78, 5) is 21.6. The number of aliphatic carboxylic acids is 1. The fourth-order valence-electron chi connectivity index (χ4n) is 1.99. The summed E-state index contributed by atoms with van der Waals surface area (Å²) in [6, 6.07) is 6.22. The van der Waals surface area contributed by atoms with Crippen molar-refractivity contribution >= 4 is 11.9 Å². The molecule has 0 saturated heterocycles. The first-order valence-corrected chi connectivity index (χ1v) is 5.76.